The van der Waals surface area contributed by atoms with Crippen LogP contribution < -0.4 is 0 Å². The predicted molar refractivity (Wildman–Crippen MR) is 48.2 cm³/mol. The van der Waals surface area contributed by atoms with E-state index in [1.165, 1.54) is 12.1 Å². The molecule has 0 aromatic heterocycles. The Morgan fingerprint density at radius 3 is 2.00 bits per heavy atom. The van der Waals surface area contributed by atoms with Crippen LogP contribution in [0.1, 0.15) is 5.56 Å². The van der Waals surface area contributed by atoms with E-state index in [0.717, 1.165) is 6.07 Å². The lowest BCUT2D eigenvalue weighted by Crippen LogP contribution is -1.94. The molecule has 0 unspecified atom stereocenters. The second-order valence-electron chi connectivity index (χ2n) is 2.54. The van der Waals surface area contributed by atoms with Crippen molar-refractivity contribution in [2.45, 2.75) is 5.75 Å². The van der Waals surface area contributed by atoms with Crippen molar-refractivity contribution in [3.63, 3.8) is 0 Å². The topological polar surface area (TPSA) is 74.6 Å². The molecule has 1 rings (SSSR count). The van der Waals surface area contributed by atoms with Gasteiger partial charge in [-0.3, -0.25) is 0 Å². The minimum Gasteiger partial charge on any atom is -0.508 e. The molecule has 0 saturated heterocycles. The maximum Gasteiger partial charge on any atom is 0.236 e. The Kier molecular flexibility index (Phi) is 2.68. The molecule has 0 fully saturated rings. The molecule has 0 atom stereocenters. The highest BCUT2D eigenvalue weighted by molar-refractivity contribution is 8.13. The van der Waals surface area contributed by atoms with Crippen LogP contribution in [0.4, 0.5) is 0 Å². The normalized spacial score (nSPS) is 11.5. The summed E-state index contributed by atoms with van der Waals surface area (Å²) in [5.74, 6) is -0.818. The van der Waals surface area contributed by atoms with Crippen LogP contribution in [-0.2, 0) is 14.8 Å². The fourth-order valence-electron chi connectivity index (χ4n) is 0.939. The van der Waals surface area contributed by atoms with Crippen LogP contribution in [-0.4, -0.2) is 18.6 Å². The molecule has 1 aromatic carbocycles. The Morgan fingerprint density at radius 1 is 1.15 bits per heavy atom. The molecule has 0 aliphatic rings. The first-order valence-corrected chi connectivity index (χ1v) is 5.79. The largest absolute Gasteiger partial charge is 0.508 e. The van der Waals surface area contributed by atoms with E-state index in [-0.39, 0.29) is 17.1 Å². The summed E-state index contributed by atoms with van der Waals surface area (Å²) in [6.45, 7) is 0. The monoisotopic (exact) mass is 222 g/mol. The average molecular weight is 223 g/mol. The Balaban J connectivity index is 3.03. The molecule has 72 valence electrons. The molecule has 4 nitrogen and oxygen atoms in total. The van der Waals surface area contributed by atoms with Gasteiger partial charge < -0.3 is 10.2 Å². The molecule has 0 aliphatic heterocycles. The highest BCUT2D eigenvalue weighted by atomic mass is 35.7. The highest BCUT2D eigenvalue weighted by Crippen LogP contribution is 2.22. The number of hydrogen-bond donors (Lipinski definition) is 2. The minimum absolute atomic E-state index is 0.199. The molecule has 0 radical (unpaired) electrons. The second-order valence-corrected chi connectivity index (χ2v) is 5.32. The van der Waals surface area contributed by atoms with Crippen molar-refractivity contribution in [2.75, 3.05) is 0 Å². The van der Waals surface area contributed by atoms with Gasteiger partial charge in [-0.1, -0.05) is 0 Å². The maximum absolute atomic E-state index is 10.6. The predicted octanol–water partition coefficient (Wildman–Crippen LogP) is 1.17. The minimum atomic E-state index is -3.66. The molecule has 13 heavy (non-hydrogen) atoms. The van der Waals surface area contributed by atoms with E-state index in [9.17, 15) is 8.42 Å². The lowest BCUT2D eigenvalue weighted by atomic mass is 10.2. The number of rotatable bonds is 2. The van der Waals surface area contributed by atoms with E-state index in [0.29, 0.717) is 0 Å². The standard InChI is InChI=1S/C7H7ClO4S/c8-13(11,12)4-5-1-6(9)3-7(10)2-5/h1-3,9-10H,4H2. The van der Waals surface area contributed by atoms with Gasteiger partial charge >= 0.3 is 0 Å². The van der Waals surface area contributed by atoms with E-state index < -0.39 is 14.8 Å². The summed E-state index contributed by atoms with van der Waals surface area (Å²) in [4.78, 5) is 0. The Morgan fingerprint density at radius 2 is 1.62 bits per heavy atom. The Hall–Kier alpha value is -0.940. The van der Waals surface area contributed by atoms with Crippen LogP contribution in [0.2, 0.25) is 0 Å². The van der Waals surface area contributed by atoms with Crippen LogP contribution in [0, 0.1) is 0 Å². The first-order chi connectivity index (χ1) is 5.87. The number of phenolic OH excluding ortho intramolecular Hbond substituents is 2. The van der Waals surface area contributed by atoms with Crippen LogP contribution >= 0.6 is 10.7 Å². The Labute approximate surface area is 79.8 Å². The second kappa shape index (κ2) is 3.43. The summed E-state index contributed by atoms with van der Waals surface area (Å²) < 4.78 is 21.3. The number of halogens is 1. The van der Waals surface area contributed by atoms with Crippen molar-refractivity contribution in [2.24, 2.45) is 0 Å². The molecule has 0 heterocycles. The molecule has 6 heteroatoms. The van der Waals surface area contributed by atoms with Crippen LogP contribution in [0.3, 0.4) is 0 Å². The van der Waals surface area contributed by atoms with Gasteiger partial charge in [-0.2, -0.15) is 0 Å². The molecule has 0 amide bonds. The van der Waals surface area contributed by atoms with Gasteiger partial charge in [-0.05, 0) is 17.7 Å². The van der Waals surface area contributed by atoms with Gasteiger partial charge in [-0.25, -0.2) is 8.42 Å². The molecule has 0 spiro atoms. The van der Waals surface area contributed by atoms with Crippen LogP contribution in [0.15, 0.2) is 18.2 Å². The van der Waals surface area contributed by atoms with Crippen molar-refractivity contribution in [3.05, 3.63) is 23.8 Å². The average Bonchev–Trinajstić information content (AvgIpc) is 1.78. The van der Waals surface area contributed by atoms with Gasteiger partial charge in [0.2, 0.25) is 9.05 Å². The molecular weight excluding hydrogens is 216 g/mol. The van der Waals surface area contributed by atoms with Gasteiger partial charge in [-0.15, -0.1) is 0 Å². The molecule has 0 saturated carbocycles. The molecule has 2 N–H and O–H groups in total. The smallest absolute Gasteiger partial charge is 0.236 e. The van der Waals surface area contributed by atoms with Gasteiger partial charge in [0.15, 0.2) is 0 Å². The summed E-state index contributed by atoms with van der Waals surface area (Å²) in [5, 5.41) is 18.0. The van der Waals surface area contributed by atoms with Gasteiger partial charge in [0.1, 0.15) is 11.5 Å². The maximum atomic E-state index is 10.6. The fourth-order valence-corrected chi connectivity index (χ4v) is 1.88. The van der Waals surface area contributed by atoms with Crippen molar-refractivity contribution in [1.82, 2.24) is 0 Å². The molecular formula is C7H7ClO4S. The lowest BCUT2D eigenvalue weighted by molar-refractivity contribution is 0.449. The van der Waals surface area contributed by atoms with Crippen molar-refractivity contribution in [1.29, 1.82) is 0 Å². The highest BCUT2D eigenvalue weighted by Gasteiger charge is 2.08. The van der Waals surface area contributed by atoms with Gasteiger partial charge in [0.05, 0.1) is 5.75 Å². The number of benzene rings is 1. The quantitative estimate of drug-likeness (QED) is 0.737. The summed E-state index contributed by atoms with van der Waals surface area (Å²) >= 11 is 0. The summed E-state index contributed by atoms with van der Waals surface area (Å²) in [6, 6.07) is 3.55. The molecule has 0 aliphatic carbocycles. The molecule has 0 bridgehead atoms. The third-order valence-corrected chi connectivity index (χ3v) is 2.31. The van der Waals surface area contributed by atoms with Gasteiger partial charge in [0.25, 0.3) is 0 Å². The zero-order valence-corrected chi connectivity index (χ0v) is 8.01. The zero-order valence-electron chi connectivity index (χ0n) is 6.44. The SMILES string of the molecule is O=S(=O)(Cl)Cc1cc(O)cc(O)c1. The first kappa shape index (κ1) is 10.1. The summed E-state index contributed by atoms with van der Waals surface area (Å²) in [5.41, 5.74) is 0.243. The van der Waals surface area contributed by atoms with E-state index >= 15 is 0 Å². The van der Waals surface area contributed by atoms with Crippen LogP contribution in [0.25, 0.3) is 0 Å². The van der Waals surface area contributed by atoms with Crippen molar-refractivity contribution < 1.29 is 18.6 Å². The van der Waals surface area contributed by atoms with Crippen molar-refractivity contribution in [3.8, 4) is 11.5 Å². The van der Waals surface area contributed by atoms with Crippen LogP contribution in [0.5, 0.6) is 11.5 Å². The fraction of sp³-hybridized carbons (Fsp3) is 0.143. The first-order valence-electron chi connectivity index (χ1n) is 3.31. The third-order valence-electron chi connectivity index (χ3n) is 1.30. The third kappa shape index (κ3) is 3.52. The van der Waals surface area contributed by atoms with E-state index in [2.05, 4.69) is 0 Å². The zero-order chi connectivity index (χ0) is 10.1. The van der Waals surface area contributed by atoms with Crippen molar-refractivity contribution >= 4 is 19.7 Å². The number of hydrogen-bond acceptors (Lipinski definition) is 4. The van der Waals surface area contributed by atoms with Gasteiger partial charge in [0, 0.05) is 16.7 Å². The summed E-state index contributed by atoms with van der Waals surface area (Å²) in [6.07, 6.45) is 0. The number of phenols is 2. The van der Waals surface area contributed by atoms with E-state index in [4.69, 9.17) is 20.9 Å². The Bertz CT molecular complexity index is 392. The van der Waals surface area contributed by atoms with E-state index in [1.807, 2.05) is 0 Å². The van der Waals surface area contributed by atoms with E-state index in [1.54, 1.807) is 0 Å². The molecule has 1 aromatic rings. The summed E-state index contributed by atoms with van der Waals surface area (Å²) in [7, 11) is 1.32. The number of aromatic hydroxyl groups is 2. The lowest BCUT2D eigenvalue weighted by Gasteiger charge is -2.00.